The summed E-state index contributed by atoms with van der Waals surface area (Å²) in [5, 5.41) is 0. The largest absolute Gasteiger partial charge is 0.368 e. The molecule has 1 aliphatic rings. The molecular weight excluding hydrogens is 346 g/mol. The van der Waals surface area contributed by atoms with Crippen LogP contribution in [0.3, 0.4) is 0 Å². The van der Waals surface area contributed by atoms with E-state index in [-0.39, 0.29) is 23.6 Å². The molecule has 0 radical (unpaired) electrons. The van der Waals surface area contributed by atoms with Crippen molar-refractivity contribution in [3.8, 4) is 11.1 Å². The number of benzene rings is 2. The fraction of sp³-hybridized carbons (Fsp3) is 0.238. The topological polar surface area (TPSA) is 55.0 Å². The number of hydrogen-bond donors (Lipinski definition) is 1. The molecule has 0 saturated carbocycles. The Labute approximate surface area is 156 Å². The number of anilines is 1. The molecule has 2 heterocycles. The average molecular weight is 366 g/mol. The molecule has 6 heteroatoms. The molecule has 0 bridgehead atoms. The minimum atomic E-state index is -0.301. The summed E-state index contributed by atoms with van der Waals surface area (Å²) in [6.45, 7) is 1.60. The minimum absolute atomic E-state index is 0.0543. The van der Waals surface area contributed by atoms with Gasteiger partial charge in [-0.3, -0.25) is 4.90 Å². The van der Waals surface area contributed by atoms with Crippen molar-refractivity contribution >= 4 is 5.95 Å². The second kappa shape index (κ2) is 7.40. The van der Waals surface area contributed by atoms with Gasteiger partial charge < -0.3 is 5.73 Å². The van der Waals surface area contributed by atoms with Crippen LogP contribution < -0.4 is 5.73 Å². The SMILES string of the molecule is Nc1ncc(-c2cccc(F)c2)c([C@H]2CCCN2Cc2ccc(F)cc2)n1. The van der Waals surface area contributed by atoms with E-state index in [9.17, 15) is 8.78 Å². The molecule has 1 saturated heterocycles. The highest BCUT2D eigenvalue weighted by atomic mass is 19.1. The second-order valence-corrected chi connectivity index (χ2v) is 6.79. The molecule has 2 aromatic carbocycles. The molecule has 1 aliphatic heterocycles. The molecule has 4 rings (SSSR count). The Morgan fingerprint density at radius 2 is 1.89 bits per heavy atom. The molecule has 0 aliphatic carbocycles. The summed E-state index contributed by atoms with van der Waals surface area (Å²) >= 11 is 0. The van der Waals surface area contributed by atoms with Crippen molar-refractivity contribution in [2.45, 2.75) is 25.4 Å². The van der Waals surface area contributed by atoms with Gasteiger partial charge in [0.05, 0.1) is 11.7 Å². The summed E-state index contributed by atoms with van der Waals surface area (Å²) in [6, 6.07) is 13.0. The van der Waals surface area contributed by atoms with Crippen molar-refractivity contribution in [3.05, 3.63) is 77.6 Å². The lowest BCUT2D eigenvalue weighted by molar-refractivity contribution is 0.245. The van der Waals surface area contributed by atoms with Crippen molar-refractivity contribution in [2.75, 3.05) is 12.3 Å². The molecular formula is C21H20F2N4. The summed E-state index contributed by atoms with van der Waals surface area (Å²) in [5.74, 6) is -0.336. The molecule has 0 amide bonds. The van der Waals surface area contributed by atoms with Crippen LogP contribution >= 0.6 is 0 Å². The van der Waals surface area contributed by atoms with Crippen LogP contribution in [0.1, 0.15) is 30.1 Å². The summed E-state index contributed by atoms with van der Waals surface area (Å²) in [7, 11) is 0. The molecule has 3 aromatic rings. The lowest BCUT2D eigenvalue weighted by atomic mass is 9.99. The number of rotatable bonds is 4. The van der Waals surface area contributed by atoms with Crippen LogP contribution in [-0.2, 0) is 6.54 Å². The first-order chi connectivity index (χ1) is 13.1. The number of nitrogens with two attached hydrogens (primary N) is 1. The van der Waals surface area contributed by atoms with Gasteiger partial charge in [0.15, 0.2) is 0 Å². The lowest BCUT2D eigenvalue weighted by Crippen LogP contribution is -2.24. The highest BCUT2D eigenvalue weighted by molar-refractivity contribution is 5.66. The number of aromatic nitrogens is 2. The van der Waals surface area contributed by atoms with Crippen molar-refractivity contribution in [1.29, 1.82) is 0 Å². The van der Waals surface area contributed by atoms with Crippen LogP contribution in [0.2, 0.25) is 0 Å². The fourth-order valence-electron chi connectivity index (χ4n) is 3.69. The molecule has 1 fully saturated rings. The van der Waals surface area contributed by atoms with Crippen LogP contribution in [0, 0.1) is 11.6 Å². The van der Waals surface area contributed by atoms with E-state index in [1.165, 1.54) is 24.3 Å². The average Bonchev–Trinajstić information content (AvgIpc) is 3.11. The third-order valence-corrected chi connectivity index (χ3v) is 4.95. The van der Waals surface area contributed by atoms with Gasteiger partial charge in [-0.2, -0.15) is 0 Å². The third-order valence-electron chi connectivity index (χ3n) is 4.95. The Hall–Kier alpha value is -2.86. The standard InChI is InChI=1S/C21H20F2N4/c22-16-8-6-14(7-9-16)13-27-10-2-5-19(27)20-18(12-25-21(24)26-20)15-3-1-4-17(23)11-15/h1,3-4,6-9,11-12,19H,2,5,10,13H2,(H2,24,25,26)/t19-/m1/s1. The molecule has 1 atom stereocenters. The smallest absolute Gasteiger partial charge is 0.220 e. The molecule has 138 valence electrons. The van der Waals surface area contributed by atoms with E-state index >= 15 is 0 Å². The van der Waals surface area contributed by atoms with Gasteiger partial charge in [-0.1, -0.05) is 24.3 Å². The molecule has 2 N–H and O–H groups in total. The van der Waals surface area contributed by atoms with Crippen molar-refractivity contribution in [1.82, 2.24) is 14.9 Å². The van der Waals surface area contributed by atoms with Gasteiger partial charge in [0.2, 0.25) is 5.95 Å². The highest BCUT2D eigenvalue weighted by Gasteiger charge is 2.30. The maximum Gasteiger partial charge on any atom is 0.220 e. The Morgan fingerprint density at radius 1 is 1.07 bits per heavy atom. The fourth-order valence-corrected chi connectivity index (χ4v) is 3.69. The van der Waals surface area contributed by atoms with E-state index in [1.54, 1.807) is 24.4 Å². The number of likely N-dealkylation sites (tertiary alicyclic amines) is 1. The van der Waals surface area contributed by atoms with E-state index in [1.807, 2.05) is 6.07 Å². The van der Waals surface area contributed by atoms with Crippen LogP contribution in [0.25, 0.3) is 11.1 Å². The minimum Gasteiger partial charge on any atom is -0.368 e. The Kier molecular flexibility index (Phi) is 4.81. The predicted molar refractivity (Wildman–Crippen MR) is 101 cm³/mol. The first-order valence-electron chi connectivity index (χ1n) is 8.97. The predicted octanol–water partition coefficient (Wildman–Crippen LogP) is 4.34. The number of halogens is 2. The van der Waals surface area contributed by atoms with E-state index in [2.05, 4.69) is 14.9 Å². The highest BCUT2D eigenvalue weighted by Crippen LogP contribution is 2.37. The monoisotopic (exact) mass is 366 g/mol. The number of hydrogen-bond acceptors (Lipinski definition) is 4. The molecule has 1 aromatic heterocycles. The van der Waals surface area contributed by atoms with Crippen LogP contribution in [0.15, 0.2) is 54.7 Å². The molecule has 0 unspecified atom stereocenters. The zero-order valence-electron chi connectivity index (χ0n) is 14.8. The van der Waals surface area contributed by atoms with Gasteiger partial charge in [0.1, 0.15) is 11.6 Å². The third kappa shape index (κ3) is 3.80. The summed E-state index contributed by atoms with van der Waals surface area (Å²) in [4.78, 5) is 10.9. The summed E-state index contributed by atoms with van der Waals surface area (Å²) in [6.07, 6.45) is 3.62. The van der Waals surface area contributed by atoms with Crippen molar-refractivity contribution in [2.24, 2.45) is 0 Å². The van der Waals surface area contributed by atoms with E-state index < -0.39 is 0 Å². The summed E-state index contributed by atoms with van der Waals surface area (Å²) in [5.41, 5.74) is 9.24. The maximum atomic E-state index is 13.7. The van der Waals surface area contributed by atoms with Crippen molar-refractivity contribution in [3.63, 3.8) is 0 Å². The van der Waals surface area contributed by atoms with Gasteiger partial charge >= 0.3 is 0 Å². The first kappa shape index (κ1) is 17.5. The van der Waals surface area contributed by atoms with E-state index in [0.717, 1.165) is 41.8 Å². The van der Waals surface area contributed by atoms with Crippen LogP contribution in [0.5, 0.6) is 0 Å². The first-order valence-corrected chi connectivity index (χ1v) is 8.97. The maximum absolute atomic E-state index is 13.7. The van der Waals surface area contributed by atoms with E-state index in [4.69, 9.17) is 5.73 Å². The van der Waals surface area contributed by atoms with Gasteiger partial charge in [0.25, 0.3) is 0 Å². The number of nitrogen functional groups attached to an aromatic ring is 1. The Morgan fingerprint density at radius 3 is 2.67 bits per heavy atom. The van der Waals surface area contributed by atoms with Crippen LogP contribution in [-0.4, -0.2) is 21.4 Å². The Balaban J connectivity index is 1.69. The molecule has 4 nitrogen and oxygen atoms in total. The zero-order chi connectivity index (χ0) is 18.8. The Bertz CT molecular complexity index is 943. The van der Waals surface area contributed by atoms with Crippen molar-refractivity contribution < 1.29 is 8.78 Å². The van der Waals surface area contributed by atoms with Crippen LogP contribution in [0.4, 0.5) is 14.7 Å². The van der Waals surface area contributed by atoms with Gasteiger partial charge in [0, 0.05) is 18.3 Å². The van der Waals surface area contributed by atoms with Gasteiger partial charge in [-0.25, -0.2) is 18.7 Å². The van der Waals surface area contributed by atoms with Gasteiger partial charge in [-0.15, -0.1) is 0 Å². The number of nitrogens with zero attached hydrogens (tertiary/aromatic N) is 3. The normalized spacial score (nSPS) is 17.3. The quantitative estimate of drug-likeness (QED) is 0.746. The summed E-state index contributed by atoms with van der Waals surface area (Å²) < 4.78 is 26.9. The molecule has 0 spiro atoms. The van der Waals surface area contributed by atoms with E-state index in [0.29, 0.717) is 6.54 Å². The van der Waals surface area contributed by atoms with Gasteiger partial charge in [-0.05, 0) is 54.8 Å². The lowest BCUT2D eigenvalue weighted by Gasteiger charge is -2.26. The molecule has 27 heavy (non-hydrogen) atoms. The second-order valence-electron chi connectivity index (χ2n) is 6.79. The zero-order valence-corrected chi connectivity index (χ0v) is 14.8.